The summed E-state index contributed by atoms with van der Waals surface area (Å²) in [6.07, 6.45) is 5.16. The number of aryl methyl sites for hydroxylation is 6. The Morgan fingerprint density at radius 3 is 0.992 bits per heavy atom. The average molecular weight is 2180 g/mol. The number of benzene rings is 11. The molecule has 19 heteroatoms. The van der Waals surface area contributed by atoms with Crippen molar-refractivity contribution in [3.05, 3.63) is 409 Å². The van der Waals surface area contributed by atoms with Gasteiger partial charge in [0.15, 0.2) is 0 Å². The number of phenolic OH excluding ortho intramolecular Hbond substituents is 3. The van der Waals surface area contributed by atoms with E-state index in [1.807, 2.05) is 213 Å². The first-order chi connectivity index (χ1) is 60.0. The summed E-state index contributed by atoms with van der Waals surface area (Å²) in [7, 11) is 0. The van der Waals surface area contributed by atoms with Crippen LogP contribution in [0.25, 0.3) is 65.7 Å². The fourth-order valence-corrected chi connectivity index (χ4v) is 17.1. The molecule has 0 bridgehead atoms. The number of aromatic nitrogens is 6. The number of aromatic hydroxyl groups is 3. The number of hydrogen-bond donors (Lipinski definition) is 3. The molecule has 0 amide bonds. The summed E-state index contributed by atoms with van der Waals surface area (Å²) in [5.74, 6) is 1.72. The number of hydrogen-bond acceptors (Lipinski definition) is 7. The van der Waals surface area contributed by atoms with Gasteiger partial charge >= 0.3 is 296 Å². The molecule has 0 spiro atoms. The van der Waals surface area contributed by atoms with E-state index in [0.717, 1.165) is 105 Å². The molecule has 12 nitrogen and oxygen atoms in total. The van der Waals surface area contributed by atoms with Crippen LogP contribution in [0.1, 0.15) is 143 Å². The van der Waals surface area contributed by atoms with Crippen molar-refractivity contribution >= 4 is 131 Å². The summed E-state index contributed by atoms with van der Waals surface area (Å²) >= 11 is 25.9. The summed E-state index contributed by atoms with van der Waals surface area (Å²) in [4.78, 5) is 25.0. The number of halogens is 4. The number of para-hydroxylation sites is 1. The average Bonchev–Trinajstić information content (AvgIpc) is 1.02. The zero-order chi connectivity index (χ0) is 92.1. The first kappa shape index (κ1) is 103. The molecule has 0 aliphatic rings. The monoisotopic (exact) mass is 2170 g/mol. The Bertz CT molecular complexity index is 5960. The van der Waals surface area contributed by atoms with Crippen LogP contribution < -0.4 is 15.0 Å². The number of nitrogens with one attached hydrogen (secondary N) is 2. The van der Waals surface area contributed by atoms with Crippen LogP contribution in [0.4, 0.5) is 17.1 Å². The second-order valence-electron chi connectivity index (χ2n) is 31.7. The van der Waals surface area contributed by atoms with E-state index in [9.17, 15) is 15.3 Å². The second-order valence-corrected chi connectivity index (χ2v) is 37.0. The van der Waals surface area contributed by atoms with Crippen LogP contribution in [0.2, 0.25) is 20.1 Å². The third kappa shape index (κ3) is 32.5. The van der Waals surface area contributed by atoms with Gasteiger partial charge in [-0.3, -0.25) is 15.0 Å². The third-order valence-electron chi connectivity index (χ3n) is 19.5. The molecule has 6 aromatic heterocycles. The number of pyridine rings is 3. The van der Waals surface area contributed by atoms with Crippen molar-refractivity contribution in [3.8, 4) is 17.2 Å². The topological polar surface area (TPSA) is 202 Å². The van der Waals surface area contributed by atoms with E-state index < -0.39 is 17.9 Å². The molecule has 0 radical (unpaired) electrons. The number of phenols is 3. The van der Waals surface area contributed by atoms with Gasteiger partial charge in [-0.25, -0.2) is 0 Å². The van der Waals surface area contributed by atoms with Crippen LogP contribution in [-0.2, 0) is 72.9 Å². The van der Waals surface area contributed by atoms with Crippen molar-refractivity contribution in [2.24, 2.45) is 3.50 Å². The number of rotatable bonds is 9. The molecular formula is C107H110Cl4MoN9O3W2-5. The molecule has 652 valence electrons. The van der Waals surface area contributed by atoms with Crippen LogP contribution in [0.5, 0.6) is 17.2 Å². The standard InChI is InChI=1S/2C13H9NO.C12H18N.3C10H12.C9H7NO.C6H4Cl2N.C6H3Cl2N.3C6H8N.Mo.2W/c2*15-11-5-1-3-9-6-7-10-4-2-8-14-13(10)12(9)11;1-8(2)10-6-5-7-11(9(3)4)12(10)13;3*1-10(2,3)9-7-5-4-6-8-9;11-8-5-1-3-7-4-2-6-10-9(7)8;2*7-4-2-1-3-5(8)6(4)9;3*1-5-3-4-6(2)7-5;;;/h2*1-8,15H;5-9,13H,1-4H3;3*1,4-8H,2-3H3;1-6,11H;1-3,9H;1-3H;3*3-4H,1-2H3;;;/q;;-1;;;;;-1;;3*-1;;;. The fourth-order valence-electron chi connectivity index (χ4n) is 12.3. The molecule has 0 atom stereocenters. The van der Waals surface area contributed by atoms with Gasteiger partial charge in [0.05, 0.1) is 11.0 Å². The van der Waals surface area contributed by atoms with E-state index in [1.165, 1.54) is 36.0 Å². The zero-order valence-electron chi connectivity index (χ0n) is 74.1. The van der Waals surface area contributed by atoms with E-state index in [4.69, 9.17) is 57.9 Å². The molecule has 0 unspecified atom stereocenters. The smallest absolute Gasteiger partial charge is 0.141 e. The Kier molecular flexibility index (Phi) is 41.9. The first-order valence-corrected chi connectivity index (χ1v) is 48.3. The normalized spacial score (nSPS) is 10.6. The summed E-state index contributed by atoms with van der Waals surface area (Å²) in [6, 6.07) is 96.3. The van der Waals surface area contributed by atoms with E-state index >= 15 is 0 Å². The van der Waals surface area contributed by atoms with E-state index in [-0.39, 0.29) is 39.2 Å². The summed E-state index contributed by atoms with van der Waals surface area (Å²) < 4.78 is 11.5. The van der Waals surface area contributed by atoms with E-state index in [2.05, 4.69) is 219 Å². The molecule has 0 saturated heterocycles. The van der Waals surface area contributed by atoms with Crippen molar-refractivity contribution in [2.75, 3.05) is 0 Å². The summed E-state index contributed by atoms with van der Waals surface area (Å²) in [5.41, 5.74) is 32.8. The largest absolute Gasteiger partial charge is 0.698 e. The van der Waals surface area contributed by atoms with Crippen LogP contribution in [0.15, 0.2) is 319 Å². The molecule has 126 heavy (non-hydrogen) atoms. The molecule has 5 N–H and O–H groups in total. The molecule has 11 aromatic carbocycles. The Labute approximate surface area is 794 Å². The fraction of sp³-hybridized carbons (Fsp3) is 0.196. The van der Waals surface area contributed by atoms with Gasteiger partial charge in [0.1, 0.15) is 22.8 Å². The maximum absolute atomic E-state index is 9.83. The molecule has 0 saturated carbocycles. The Morgan fingerprint density at radius 1 is 0.357 bits per heavy atom. The second kappa shape index (κ2) is 51.4. The van der Waals surface area contributed by atoms with Gasteiger partial charge in [-0.15, -0.1) is 11.4 Å². The Hall–Kier alpha value is -10.4. The van der Waals surface area contributed by atoms with E-state index in [1.54, 1.807) is 61.1 Å². The van der Waals surface area contributed by atoms with Crippen LogP contribution in [0, 0.1) is 41.5 Å². The van der Waals surface area contributed by atoms with Crippen molar-refractivity contribution in [1.29, 1.82) is 0 Å². The van der Waals surface area contributed by atoms with Crippen molar-refractivity contribution < 1.29 is 71.9 Å². The van der Waals surface area contributed by atoms with Gasteiger partial charge < -0.3 is 41.7 Å². The van der Waals surface area contributed by atoms with Gasteiger partial charge in [0.25, 0.3) is 0 Å². The van der Waals surface area contributed by atoms with Gasteiger partial charge in [0.2, 0.25) is 0 Å². The molecular weight excluding hydrogens is 2060 g/mol. The Balaban J connectivity index is 0.000000193. The van der Waals surface area contributed by atoms with Gasteiger partial charge in [-0.05, 0) is 71.1 Å². The van der Waals surface area contributed by atoms with Crippen molar-refractivity contribution in [2.45, 2.75) is 139 Å². The number of nitrogens with zero attached hydrogens (tertiary/aromatic N) is 7. The minimum absolute atomic E-state index is 0.0309. The predicted molar refractivity (Wildman–Crippen MR) is 527 cm³/mol. The van der Waals surface area contributed by atoms with E-state index in [0.29, 0.717) is 37.4 Å². The van der Waals surface area contributed by atoms with Gasteiger partial charge in [-0.1, -0.05) is 243 Å². The first-order valence-electron chi connectivity index (χ1n) is 40.9. The summed E-state index contributed by atoms with van der Waals surface area (Å²) in [5, 5.41) is 37.8. The number of fused-ring (bicyclic) bond motifs is 7. The molecule has 0 aliphatic heterocycles. The van der Waals surface area contributed by atoms with Crippen molar-refractivity contribution in [1.82, 2.24) is 29.9 Å². The maximum atomic E-state index is 9.83. The Morgan fingerprint density at radius 2 is 0.659 bits per heavy atom. The molecule has 6 heterocycles. The minimum atomic E-state index is -1.01. The van der Waals surface area contributed by atoms with Gasteiger partial charge in [-0.2, -0.15) is 34.2 Å². The van der Waals surface area contributed by atoms with Crippen LogP contribution in [0.3, 0.4) is 0 Å². The molecule has 0 fully saturated rings. The van der Waals surface area contributed by atoms with Gasteiger partial charge in [0, 0.05) is 55.6 Å². The van der Waals surface area contributed by atoms with Crippen molar-refractivity contribution in [3.63, 3.8) is 0 Å². The summed E-state index contributed by atoms with van der Waals surface area (Å²) in [6.45, 7) is 33.9. The predicted octanol–water partition coefficient (Wildman–Crippen LogP) is 30.5. The molecule has 17 aromatic rings. The SMILES string of the molecule is CC(C)([CH]=[Mo])c1ccccc1.CC(C)([CH]=[W])c1ccccc1.CC(C)([CH]=[W]=[N]c1c(Cl)cccc1Cl)c1ccccc1.CC(C)c1cccc(C(C)C)c1[NH-].Cc1ccc(C)[n-]1.Cc1ccc(C)[n-]1.Cc1ccc(C)[n-]1.Oc1cccc2ccc3cccnc3c12.Oc1cccc2ccc3cccnc3c12.Oc1cccc2cccnc12.[NH-]c1c(Cl)cccc1Cl. The minimum Gasteiger partial charge on any atom is -0.698 e. The molecule has 0 aliphatic carbocycles. The van der Waals surface area contributed by atoms with Crippen LogP contribution >= 0.6 is 46.4 Å². The molecule has 17 rings (SSSR count). The van der Waals surface area contributed by atoms with Crippen LogP contribution in [-0.4, -0.2) is 43.5 Å². The third-order valence-corrected chi connectivity index (χ3v) is 27.8. The quantitative estimate of drug-likeness (QED) is 0.0928. The maximum Gasteiger partial charge on any atom is 0.141 e. The zero-order valence-corrected chi connectivity index (χ0v) is 85.0.